The van der Waals surface area contributed by atoms with Crippen LogP contribution in [0.5, 0.6) is 0 Å². The lowest BCUT2D eigenvalue weighted by Gasteiger charge is -2.41. The third kappa shape index (κ3) is 3.74. The Morgan fingerprint density at radius 3 is 2.72 bits per heavy atom. The quantitative estimate of drug-likeness (QED) is 0.847. The van der Waals surface area contributed by atoms with Crippen molar-refractivity contribution in [2.24, 2.45) is 5.41 Å². The van der Waals surface area contributed by atoms with E-state index in [0.29, 0.717) is 0 Å². The average molecular weight is 265 g/mol. The molecule has 1 unspecified atom stereocenters. The van der Waals surface area contributed by atoms with Crippen molar-refractivity contribution in [1.82, 2.24) is 4.90 Å². The van der Waals surface area contributed by atoms with Crippen LogP contribution in [0.2, 0.25) is 0 Å². The van der Waals surface area contributed by atoms with Gasteiger partial charge in [0.1, 0.15) is 0 Å². The Balaban J connectivity index is 1.75. The second-order valence-electron chi connectivity index (χ2n) is 5.73. The fourth-order valence-corrected chi connectivity index (χ4v) is 3.39. The number of aliphatic hydroxyl groups is 1. The van der Waals surface area contributed by atoms with Crippen LogP contribution in [0.3, 0.4) is 0 Å². The van der Waals surface area contributed by atoms with Gasteiger partial charge in [0.25, 0.3) is 0 Å². The van der Waals surface area contributed by atoms with Crippen LogP contribution in [0, 0.1) is 5.41 Å². The molecular formula is C15H23NOS. The lowest BCUT2D eigenvalue weighted by atomic mass is 9.81. The zero-order chi connectivity index (χ0) is 13.0. The molecule has 1 heterocycles. The topological polar surface area (TPSA) is 23.5 Å². The van der Waals surface area contributed by atoms with Crippen LogP contribution in [0.4, 0.5) is 0 Å². The minimum Gasteiger partial charge on any atom is -0.392 e. The van der Waals surface area contributed by atoms with Crippen molar-refractivity contribution < 1.29 is 5.11 Å². The summed E-state index contributed by atoms with van der Waals surface area (Å²) < 4.78 is 0. The lowest BCUT2D eigenvalue weighted by Crippen LogP contribution is -2.49. The maximum absolute atomic E-state index is 9.93. The van der Waals surface area contributed by atoms with Crippen LogP contribution >= 0.6 is 11.8 Å². The van der Waals surface area contributed by atoms with Crippen molar-refractivity contribution in [2.75, 3.05) is 25.4 Å². The van der Waals surface area contributed by atoms with Gasteiger partial charge in [-0.15, -0.1) is 11.8 Å². The first-order chi connectivity index (χ1) is 8.58. The maximum Gasteiger partial charge on any atom is 0.0615 e. The van der Waals surface area contributed by atoms with Crippen LogP contribution in [0.25, 0.3) is 0 Å². The van der Waals surface area contributed by atoms with E-state index in [2.05, 4.69) is 49.1 Å². The van der Waals surface area contributed by atoms with Crippen molar-refractivity contribution >= 4 is 11.8 Å². The molecule has 1 fully saturated rings. The molecule has 0 amide bonds. The molecule has 0 radical (unpaired) electrons. The van der Waals surface area contributed by atoms with Crippen LogP contribution in [-0.2, 0) is 0 Å². The number of thioether (sulfide) groups is 1. The summed E-state index contributed by atoms with van der Waals surface area (Å²) in [6.45, 7) is 7.46. The molecule has 0 spiro atoms. The number of benzene rings is 1. The fourth-order valence-electron chi connectivity index (χ4n) is 2.46. The van der Waals surface area contributed by atoms with Crippen LogP contribution in [-0.4, -0.2) is 41.5 Å². The monoisotopic (exact) mass is 265 g/mol. The van der Waals surface area contributed by atoms with Gasteiger partial charge in [-0.3, -0.25) is 0 Å². The molecule has 1 atom stereocenters. The van der Waals surface area contributed by atoms with E-state index in [1.54, 1.807) is 0 Å². The molecule has 2 rings (SSSR count). The summed E-state index contributed by atoms with van der Waals surface area (Å²) in [5.41, 5.74) is 0.0374. The van der Waals surface area contributed by atoms with Gasteiger partial charge in [-0.2, -0.15) is 0 Å². The van der Waals surface area contributed by atoms with E-state index in [0.717, 1.165) is 31.8 Å². The molecule has 100 valence electrons. The second-order valence-corrected chi connectivity index (χ2v) is 6.90. The van der Waals surface area contributed by atoms with E-state index >= 15 is 0 Å². The highest BCUT2D eigenvalue weighted by molar-refractivity contribution is 7.99. The molecule has 1 aromatic rings. The molecule has 1 aromatic carbocycles. The van der Waals surface area contributed by atoms with Crippen molar-refractivity contribution in [1.29, 1.82) is 0 Å². The number of hydrogen-bond donors (Lipinski definition) is 1. The third-order valence-electron chi connectivity index (χ3n) is 3.67. The van der Waals surface area contributed by atoms with Crippen molar-refractivity contribution in [3.8, 4) is 0 Å². The molecule has 0 aromatic heterocycles. The Morgan fingerprint density at radius 1 is 1.33 bits per heavy atom. The average Bonchev–Trinajstić information content (AvgIpc) is 2.35. The normalized spacial score (nSPS) is 24.1. The highest BCUT2D eigenvalue weighted by Gasteiger charge is 2.34. The SMILES string of the molecule is CC1(C)CN(CCSc2ccccc2)CCC1O. The third-order valence-corrected chi connectivity index (χ3v) is 4.66. The van der Waals surface area contributed by atoms with Crippen molar-refractivity contribution in [2.45, 2.75) is 31.3 Å². The molecule has 18 heavy (non-hydrogen) atoms. The van der Waals surface area contributed by atoms with Gasteiger partial charge in [-0.25, -0.2) is 0 Å². The first kappa shape index (κ1) is 13.9. The zero-order valence-electron chi connectivity index (χ0n) is 11.3. The predicted molar refractivity (Wildman–Crippen MR) is 78.0 cm³/mol. The number of rotatable bonds is 4. The van der Waals surface area contributed by atoms with E-state index < -0.39 is 0 Å². The Hall–Kier alpha value is -0.510. The molecule has 0 aliphatic carbocycles. The van der Waals surface area contributed by atoms with E-state index in [4.69, 9.17) is 0 Å². The fraction of sp³-hybridized carbons (Fsp3) is 0.600. The molecule has 1 saturated heterocycles. The smallest absolute Gasteiger partial charge is 0.0615 e. The Morgan fingerprint density at radius 2 is 2.06 bits per heavy atom. The summed E-state index contributed by atoms with van der Waals surface area (Å²) in [4.78, 5) is 3.82. The van der Waals surface area contributed by atoms with Gasteiger partial charge in [0.05, 0.1) is 6.10 Å². The summed E-state index contributed by atoms with van der Waals surface area (Å²) in [6.07, 6.45) is 0.763. The molecule has 3 heteroatoms. The first-order valence-electron chi connectivity index (χ1n) is 6.66. The lowest BCUT2D eigenvalue weighted by molar-refractivity contribution is -0.0223. The molecule has 1 N–H and O–H groups in total. The Kier molecular flexibility index (Phi) is 4.71. The van der Waals surface area contributed by atoms with Crippen LogP contribution in [0.1, 0.15) is 20.3 Å². The second kappa shape index (κ2) is 6.09. The van der Waals surface area contributed by atoms with Gasteiger partial charge < -0.3 is 10.0 Å². The zero-order valence-corrected chi connectivity index (χ0v) is 12.1. The van der Waals surface area contributed by atoms with Crippen molar-refractivity contribution in [3.05, 3.63) is 30.3 Å². The first-order valence-corrected chi connectivity index (χ1v) is 7.65. The number of nitrogens with zero attached hydrogens (tertiary/aromatic N) is 1. The van der Waals surface area contributed by atoms with E-state index in [9.17, 15) is 5.11 Å². The van der Waals surface area contributed by atoms with E-state index in [1.165, 1.54) is 4.90 Å². The summed E-state index contributed by atoms with van der Waals surface area (Å²) in [6, 6.07) is 10.5. The van der Waals surface area contributed by atoms with Crippen LogP contribution in [0.15, 0.2) is 35.2 Å². The van der Waals surface area contributed by atoms with E-state index in [-0.39, 0.29) is 11.5 Å². The highest BCUT2D eigenvalue weighted by Crippen LogP contribution is 2.29. The van der Waals surface area contributed by atoms with Gasteiger partial charge in [0.15, 0.2) is 0 Å². The maximum atomic E-state index is 9.93. The van der Waals surface area contributed by atoms with Crippen molar-refractivity contribution in [3.63, 3.8) is 0 Å². The van der Waals surface area contributed by atoms with E-state index in [1.807, 2.05) is 11.8 Å². The summed E-state index contributed by atoms with van der Waals surface area (Å²) in [5, 5.41) is 9.93. The van der Waals surface area contributed by atoms with Gasteiger partial charge in [-0.1, -0.05) is 32.0 Å². The number of hydrogen-bond acceptors (Lipinski definition) is 3. The van der Waals surface area contributed by atoms with Gasteiger partial charge >= 0.3 is 0 Å². The van der Waals surface area contributed by atoms with Gasteiger partial charge in [-0.05, 0) is 18.6 Å². The molecular weight excluding hydrogens is 242 g/mol. The molecule has 2 nitrogen and oxygen atoms in total. The van der Waals surface area contributed by atoms with Gasteiger partial charge in [0, 0.05) is 35.7 Å². The summed E-state index contributed by atoms with van der Waals surface area (Å²) in [7, 11) is 0. The molecule has 0 bridgehead atoms. The molecule has 1 aliphatic heterocycles. The summed E-state index contributed by atoms with van der Waals surface area (Å²) >= 11 is 1.91. The standard InChI is InChI=1S/C15H23NOS/c1-15(2)12-16(9-8-14(15)17)10-11-18-13-6-4-3-5-7-13/h3-7,14,17H,8-12H2,1-2H3. The number of piperidine rings is 1. The number of likely N-dealkylation sites (tertiary alicyclic amines) is 1. The molecule has 1 aliphatic rings. The summed E-state index contributed by atoms with van der Waals surface area (Å²) in [5.74, 6) is 1.12. The Labute approximate surface area is 114 Å². The van der Waals surface area contributed by atoms with Crippen LogP contribution < -0.4 is 0 Å². The number of aliphatic hydroxyl groups excluding tert-OH is 1. The minimum atomic E-state index is -0.143. The minimum absolute atomic E-state index is 0.0374. The Bertz CT molecular complexity index is 366. The largest absolute Gasteiger partial charge is 0.392 e. The molecule has 0 saturated carbocycles. The highest BCUT2D eigenvalue weighted by atomic mass is 32.2. The predicted octanol–water partition coefficient (Wildman–Crippen LogP) is 2.87. The van der Waals surface area contributed by atoms with Gasteiger partial charge in [0.2, 0.25) is 0 Å².